The number of nitrogens with zero attached hydrogens (tertiary/aromatic N) is 2. The Morgan fingerprint density at radius 2 is 2.28 bits per heavy atom. The van der Waals surface area contributed by atoms with Gasteiger partial charge >= 0.3 is 5.97 Å². The third-order valence-electron chi connectivity index (χ3n) is 2.62. The van der Waals surface area contributed by atoms with E-state index in [-0.39, 0.29) is 5.56 Å². The molecule has 96 valence electrons. The normalized spacial score (nSPS) is 12.8. The Kier molecular flexibility index (Phi) is 3.45. The summed E-state index contributed by atoms with van der Waals surface area (Å²) in [5, 5.41) is 9.99. The minimum atomic E-state index is -1.04. The summed E-state index contributed by atoms with van der Waals surface area (Å²) in [7, 11) is 0. The first-order chi connectivity index (χ1) is 8.45. The molecule has 7 heteroatoms. The van der Waals surface area contributed by atoms with Gasteiger partial charge < -0.3 is 5.11 Å². The molecule has 1 unspecified atom stereocenters. The molecule has 2 rings (SSSR count). The van der Waals surface area contributed by atoms with E-state index in [0.29, 0.717) is 15.4 Å². The van der Waals surface area contributed by atoms with Gasteiger partial charge in [0.2, 0.25) is 0 Å². The average molecular weight is 284 g/mol. The van der Waals surface area contributed by atoms with Crippen molar-refractivity contribution in [3.05, 3.63) is 21.3 Å². The second-order valence-electron chi connectivity index (χ2n) is 3.86. The number of aliphatic carboxylic acids is 1. The number of carbonyl (C=O) groups is 1. The molecule has 2 aromatic rings. The van der Waals surface area contributed by atoms with Crippen LogP contribution in [0.4, 0.5) is 0 Å². The Hall–Kier alpha value is -1.34. The van der Waals surface area contributed by atoms with Crippen molar-refractivity contribution in [3.8, 4) is 0 Å². The molecule has 1 N–H and O–H groups in total. The summed E-state index contributed by atoms with van der Waals surface area (Å²) in [6, 6.07) is 0.835. The van der Waals surface area contributed by atoms with Crippen molar-refractivity contribution in [1.82, 2.24) is 9.55 Å². The quantitative estimate of drug-likeness (QED) is 0.690. The van der Waals surface area contributed by atoms with Crippen LogP contribution in [0.25, 0.3) is 10.2 Å². The first-order valence-electron chi connectivity index (χ1n) is 5.25. The molecule has 0 radical (unpaired) electrons. The van der Waals surface area contributed by atoms with Gasteiger partial charge in [0, 0.05) is 4.88 Å². The van der Waals surface area contributed by atoms with Crippen LogP contribution >= 0.6 is 23.1 Å². The summed E-state index contributed by atoms with van der Waals surface area (Å²) >= 11 is 2.71. The summed E-state index contributed by atoms with van der Waals surface area (Å²) in [5.74, 6) is -1.04. The maximum absolute atomic E-state index is 12.3. The van der Waals surface area contributed by atoms with Crippen LogP contribution in [-0.2, 0) is 4.79 Å². The van der Waals surface area contributed by atoms with Gasteiger partial charge in [-0.3, -0.25) is 9.36 Å². The molecule has 0 saturated carbocycles. The number of fused-ring (bicyclic) bond motifs is 1. The molecule has 18 heavy (non-hydrogen) atoms. The van der Waals surface area contributed by atoms with Crippen LogP contribution < -0.4 is 5.56 Å². The number of thioether (sulfide) groups is 1. The van der Waals surface area contributed by atoms with Gasteiger partial charge in [-0.2, -0.15) is 0 Å². The summed E-state index contributed by atoms with van der Waals surface area (Å²) in [6.45, 7) is 3.38. The fourth-order valence-electron chi connectivity index (χ4n) is 1.69. The maximum atomic E-state index is 12.3. The molecule has 0 aliphatic heterocycles. The Bertz CT molecular complexity index is 675. The molecule has 1 atom stereocenters. The first-order valence-corrected chi connectivity index (χ1v) is 7.29. The Balaban J connectivity index is 2.82. The lowest BCUT2D eigenvalue weighted by Crippen LogP contribution is -2.29. The number of carboxylic acid groups (broad SMARTS) is 1. The number of hydrogen-bond acceptors (Lipinski definition) is 5. The third-order valence-corrected chi connectivity index (χ3v) is 4.21. The maximum Gasteiger partial charge on any atom is 0.326 e. The molecule has 0 aliphatic carbocycles. The van der Waals surface area contributed by atoms with E-state index < -0.39 is 12.0 Å². The predicted octanol–water partition coefficient (Wildman–Crippen LogP) is 2.13. The molecule has 0 amide bonds. The molecule has 0 fully saturated rings. The Morgan fingerprint density at radius 1 is 1.61 bits per heavy atom. The largest absolute Gasteiger partial charge is 0.480 e. The zero-order chi connectivity index (χ0) is 13.4. The molecule has 2 aromatic heterocycles. The second kappa shape index (κ2) is 4.74. The van der Waals surface area contributed by atoms with Crippen LogP contribution in [0.5, 0.6) is 0 Å². The van der Waals surface area contributed by atoms with Crippen LogP contribution in [0.1, 0.15) is 17.8 Å². The third kappa shape index (κ3) is 2.04. The van der Waals surface area contributed by atoms with Crippen LogP contribution in [0.2, 0.25) is 0 Å². The van der Waals surface area contributed by atoms with Crippen molar-refractivity contribution in [1.29, 1.82) is 0 Å². The zero-order valence-electron chi connectivity index (χ0n) is 10.1. The second-order valence-corrected chi connectivity index (χ2v) is 5.87. The molecule has 0 spiro atoms. The van der Waals surface area contributed by atoms with Crippen molar-refractivity contribution in [3.63, 3.8) is 0 Å². The van der Waals surface area contributed by atoms with E-state index in [1.165, 1.54) is 34.6 Å². The number of hydrogen-bond donors (Lipinski definition) is 1. The molecular formula is C11H12N2O3S2. The first kappa shape index (κ1) is 13.1. The highest BCUT2D eigenvalue weighted by molar-refractivity contribution is 7.98. The lowest BCUT2D eigenvalue weighted by molar-refractivity contribution is -0.140. The van der Waals surface area contributed by atoms with Gasteiger partial charge in [0.1, 0.15) is 10.9 Å². The van der Waals surface area contributed by atoms with E-state index >= 15 is 0 Å². The molecular weight excluding hydrogens is 272 g/mol. The molecule has 0 aliphatic rings. The standard InChI is InChI=1S/C11H12N2O3S2/c1-5-4-7-8(18-5)12-11(17-3)13(9(7)14)6(2)10(15)16/h4,6H,1-3H3,(H,15,16). The zero-order valence-corrected chi connectivity index (χ0v) is 11.8. The number of aromatic nitrogens is 2. The summed E-state index contributed by atoms with van der Waals surface area (Å²) < 4.78 is 1.24. The Morgan fingerprint density at radius 3 is 2.83 bits per heavy atom. The molecule has 2 heterocycles. The fourth-order valence-corrected chi connectivity index (χ4v) is 3.24. The van der Waals surface area contributed by atoms with Crippen LogP contribution in [-0.4, -0.2) is 26.9 Å². The highest BCUT2D eigenvalue weighted by Gasteiger charge is 2.21. The van der Waals surface area contributed by atoms with Gasteiger partial charge in [-0.15, -0.1) is 11.3 Å². The minimum absolute atomic E-state index is 0.288. The van der Waals surface area contributed by atoms with Crippen molar-refractivity contribution < 1.29 is 9.90 Å². The van der Waals surface area contributed by atoms with E-state index in [4.69, 9.17) is 5.11 Å². The monoisotopic (exact) mass is 284 g/mol. The van der Waals surface area contributed by atoms with Crippen molar-refractivity contribution in [2.45, 2.75) is 25.0 Å². The van der Waals surface area contributed by atoms with Gasteiger partial charge in [-0.25, -0.2) is 9.78 Å². The van der Waals surface area contributed by atoms with Crippen molar-refractivity contribution >= 4 is 39.3 Å². The smallest absolute Gasteiger partial charge is 0.326 e. The molecule has 0 aromatic carbocycles. The van der Waals surface area contributed by atoms with E-state index in [1.807, 2.05) is 6.92 Å². The number of carboxylic acids is 1. The summed E-state index contributed by atoms with van der Waals surface area (Å²) in [5.41, 5.74) is -0.288. The topological polar surface area (TPSA) is 72.2 Å². The van der Waals surface area contributed by atoms with Crippen molar-refractivity contribution in [2.75, 3.05) is 6.26 Å². The van der Waals surface area contributed by atoms with E-state index in [1.54, 1.807) is 12.3 Å². The van der Waals surface area contributed by atoms with Gasteiger partial charge in [0.25, 0.3) is 5.56 Å². The van der Waals surface area contributed by atoms with Gasteiger partial charge in [-0.05, 0) is 26.2 Å². The SMILES string of the molecule is CSc1nc2sc(C)cc2c(=O)n1C(C)C(=O)O. The highest BCUT2D eigenvalue weighted by atomic mass is 32.2. The fraction of sp³-hybridized carbons (Fsp3) is 0.364. The number of thiophene rings is 1. The minimum Gasteiger partial charge on any atom is -0.480 e. The summed E-state index contributed by atoms with van der Waals surface area (Å²) in [4.78, 5) is 29.4. The van der Waals surface area contributed by atoms with E-state index in [9.17, 15) is 9.59 Å². The average Bonchev–Trinajstić information content (AvgIpc) is 2.69. The van der Waals surface area contributed by atoms with Gasteiger partial charge in [0.05, 0.1) is 5.39 Å². The van der Waals surface area contributed by atoms with Gasteiger partial charge in [0.15, 0.2) is 5.16 Å². The molecule has 0 bridgehead atoms. The van der Waals surface area contributed by atoms with Crippen LogP contribution in [0.3, 0.4) is 0 Å². The van der Waals surface area contributed by atoms with Crippen LogP contribution in [0, 0.1) is 6.92 Å². The Labute approximate surface area is 111 Å². The van der Waals surface area contributed by atoms with Gasteiger partial charge in [-0.1, -0.05) is 11.8 Å². The van der Waals surface area contributed by atoms with Crippen molar-refractivity contribution in [2.24, 2.45) is 0 Å². The lowest BCUT2D eigenvalue weighted by atomic mass is 10.3. The predicted molar refractivity (Wildman–Crippen MR) is 72.7 cm³/mol. The molecule has 5 nitrogen and oxygen atoms in total. The van der Waals surface area contributed by atoms with E-state index in [2.05, 4.69) is 4.98 Å². The summed E-state index contributed by atoms with van der Waals surface area (Å²) in [6.07, 6.45) is 1.78. The van der Waals surface area contributed by atoms with Crippen LogP contribution in [0.15, 0.2) is 16.0 Å². The number of rotatable bonds is 3. The van der Waals surface area contributed by atoms with E-state index in [0.717, 1.165) is 4.88 Å². The number of aryl methyl sites for hydroxylation is 1. The highest BCUT2D eigenvalue weighted by Crippen LogP contribution is 2.24. The molecule has 0 saturated heterocycles. The lowest BCUT2D eigenvalue weighted by Gasteiger charge is -2.14.